The van der Waals surface area contributed by atoms with Gasteiger partial charge in [-0.1, -0.05) is 23.7 Å². The number of hydrogen-bond acceptors (Lipinski definition) is 6. The minimum atomic E-state index is -0.280. The van der Waals surface area contributed by atoms with Crippen molar-refractivity contribution in [2.24, 2.45) is 0 Å². The molecule has 2 aromatic heterocycles. The highest BCUT2D eigenvalue weighted by Crippen LogP contribution is 2.34. The zero-order valence-electron chi connectivity index (χ0n) is 20.6. The zero-order valence-corrected chi connectivity index (χ0v) is 20.6. The molecule has 2 heterocycles. The zero-order chi connectivity index (χ0) is 25.5. The third-order valence-corrected chi connectivity index (χ3v) is 5.94. The number of hydrogen-bond donors (Lipinski definition) is 1. The van der Waals surface area contributed by atoms with E-state index in [1.165, 1.54) is 12.1 Å². The van der Waals surface area contributed by atoms with Crippen LogP contribution in [0.1, 0.15) is 35.4 Å². The molecule has 0 aliphatic rings. The second kappa shape index (κ2) is 11.5. The number of nitrogens with one attached hydrogen (secondary N) is 1. The molecular formula is C27H29FN4O4. The van der Waals surface area contributed by atoms with Gasteiger partial charge in [0.25, 0.3) is 5.91 Å². The lowest BCUT2D eigenvalue weighted by atomic mass is 10.1. The standard InChI is InChI=1S/C27H29FN4O4/c1-32(13-6-4-5-10-20-15-23(30-29-20)18-8-7-9-19(28)14-18)27(33)24-17-26(36-31-24)22-16-21(34-2)11-12-25(22)35-3/h7-9,11-12,14-17H,4-6,10,13H2,1-3H3,(H,29,30). The molecule has 4 aromatic rings. The van der Waals surface area contributed by atoms with Crippen LogP contribution < -0.4 is 9.47 Å². The number of aromatic amines is 1. The maximum absolute atomic E-state index is 13.4. The molecule has 0 aliphatic carbocycles. The van der Waals surface area contributed by atoms with Crippen LogP contribution in [0.25, 0.3) is 22.6 Å². The third-order valence-electron chi connectivity index (χ3n) is 5.94. The molecule has 0 radical (unpaired) electrons. The summed E-state index contributed by atoms with van der Waals surface area (Å²) in [6.45, 7) is 0.598. The number of aryl methyl sites for hydroxylation is 1. The molecule has 1 N–H and O–H groups in total. The van der Waals surface area contributed by atoms with Crippen molar-refractivity contribution in [3.05, 3.63) is 71.8 Å². The van der Waals surface area contributed by atoms with Crippen molar-refractivity contribution in [3.63, 3.8) is 0 Å². The summed E-state index contributed by atoms with van der Waals surface area (Å²) in [5.41, 5.74) is 3.37. The SMILES string of the molecule is COc1ccc(OC)c(-c2cc(C(=O)N(C)CCCCCc3cc(-c4cccc(F)c4)n[nH]3)no2)c1. The van der Waals surface area contributed by atoms with E-state index in [-0.39, 0.29) is 17.4 Å². The number of amides is 1. The van der Waals surface area contributed by atoms with E-state index < -0.39 is 0 Å². The highest BCUT2D eigenvalue weighted by Gasteiger charge is 2.19. The molecule has 0 bridgehead atoms. The summed E-state index contributed by atoms with van der Waals surface area (Å²) in [7, 11) is 4.90. The largest absolute Gasteiger partial charge is 0.497 e. The highest BCUT2D eigenvalue weighted by molar-refractivity contribution is 5.93. The van der Waals surface area contributed by atoms with Crippen molar-refractivity contribution in [1.82, 2.24) is 20.3 Å². The van der Waals surface area contributed by atoms with Crippen LogP contribution in [0.15, 0.2) is 59.1 Å². The van der Waals surface area contributed by atoms with Crippen LogP contribution in [0, 0.1) is 5.82 Å². The average Bonchev–Trinajstić information content (AvgIpc) is 3.58. The number of unbranched alkanes of at least 4 members (excludes halogenated alkanes) is 2. The Bertz CT molecular complexity index is 1320. The molecule has 0 saturated heterocycles. The summed E-state index contributed by atoms with van der Waals surface area (Å²) in [6.07, 6.45) is 3.56. The fourth-order valence-electron chi connectivity index (χ4n) is 3.93. The van der Waals surface area contributed by atoms with Crippen LogP contribution in [0.2, 0.25) is 0 Å². The Morgan fingerprint density at radius 2 is 1.92 bits per heavy atom. The first-order chi connectivity index (χ1) is 17.5. The molecule has 0 spiro atoms. The first-order valence-corrected chi connectivity index (χ1v) is 11.7. The van der Waals surface area contributed by atoms with E-state index in [4.69, 9.17) is 14.0 Å². The van der Waals surface area contributed by atoms with Crippen LogP contribution in [-0.4, -0.2) is 54.0 Å². The average molecular weight is 493 g/mol. The predicted molar refractivity (Wildman–Crippen MR) is 134 cm³/mol. The Labute approximate surface area is 209 Å². The van der Waals surface area contributed by atoms with Gasteiger partial charge in [-0.2, -0.15) is 5.10 Å². The number of H-pyrrole nitrogens is 1. The summed E-state index contributed by atoms with van der Waals surface area (Å²) in [5, 5.41) is 11.3. The second-order valence-electron chi connectivity index (χ2n) is 8.47. The minimum Gasteiger partial charge on any atom is -0.497 e. The highest BCUT2D eigenvalue weighted by atomic mass is 19.1. The number of nitrogens with zero attached hydrogens (tertiary/aromatic N) is 3. The molecule has 36 heavy (non-hydrogen) atoms. The Balaban J connectivity index is 1.25. The van der Waals surface area contributed by atoms with E-state index in [1.54, 1.807) is 56.5 Å². The number of ether oxygens (including phenoxy) is 2. The van der Waals surface area contributed by atoms with Gasteiger partial charge < -0.3 is 18.9 Å². The van der Waals surface area contributed by atoms with E-state index in [9.17, 15) is 9.18 Å². The van der Waals surface area contributed by atoms with Gasteiger partial charge in [-0.05, 0) is 55.7 Å². The Kier molecular flexibility index (Phi) is 7.99. The molecule has 188 valence electrons. The van der Waals surface area contributed by atoms with E-state index in [0.717, 1.165) is 42.6 Å². The van der Waals surface area contributed by atoms with Crippen molar-refractivity contribution < 1.29 is 23.2 Å². The number of carbonyl (C=O) groups is 1. The van der Waals surface area contributed by atoms with Crippen molar-refractivity contribution >= 4 is 5.91 Å². The molecule has 9 heteroatoms. The minimum absolute atomic E-state index is 0.208. The topological polar surface area (TPSA) is 93.5 Å². The van der Waals surface area contributed by atoms with Crippen molar-refractivity contribution in [2.45, 2.75) is 25.7 Å². The van der Waals surface area contributed by atoms with Crippen molar-refractivity contribution in [2.75, 3.05) is 27.8 Å². The van der Waals surface area contributed by atoms with Gasteiger partial charge in [0.15, 0.2) is 11.5 Å². The van der Waals surface area contributed by atoms with Gasteiger partial charge in [0.2, 0.25) is 0 Å². The first kappa shape index (κ1) is 25.0. The summed E-state index contributed by atoms with van der Waals surface area (Å²) in [4.78, 5) is 14.5. The maximum Gasteiger partial charge on any atom is 0.275 e. The van der Waals surface area contributed by atoms with Gasteiger partial charge in [0.1, 0.15) is 17.3 Å². The Morgan fingerprint density at radius 1 is 1.06 bits per heavy atom. The number of methoxy groups -OCH3 is 2. The van der Waals surface area contributed by atoms with Gasteiger partial charge in [-0.15, -0.1) is 0 Å². The van der Waals surface area contributed by atoms with Crippen LogP contribution >= 0.6 is 0 Å². The molecule has 8 nitrogen and oxygen atoms in total. The summed E-state index contributed by atoms with van der Waals surface area (Å²) >= 11 is 0. The van der Waals surface area contributed by atoms with Crippen LogP contribution in [-0.2, 0) is 6.42 Å². The molecule has 4 rings (SSSR count). The molecule has 0 saturated carbocycles. The lowest BCUT2D eigenvalue weighted by Crippen LogP contribution is -2.28. The summed E-state index contributed by atoms with van der Waals surface area (Å²) in [5.74, 6) is 1.18. The smallest absolute Gasteiger partial charge is 0.275 e. The van der Waals surface area contributed by atoms with Gasteiger partial charge in [-0.3, -0.25) is 9.89 Å². The van der Waals surface area contributed by atoms with E-state index >= 15 is 0 Å². The number of carbonyl (C=O) groups excluding carboxylic acids is 1. The van der Waals surface area contributed by atoms with Crippen LogP contribution in [0.3, 0.4) is 0 Å². The number of rotatable bonds is 11. The van der Waals surface area contributed by atoms with E-state index in [1.807, 2.05) is 12.1 Å². The Morgan fingerprint density at radius 3 is 2.69 bits per heavy atom. The number of aromatic nitrogens is 3. The van der Waals surface area contributed by atoms with Gasteiger partial charge in [0, 0.05) is 30.9 Å². The van der Waals surface area contributed by atoms with Crippen LogP contribution in [0.4, 0.5) is 4.39 Å². The predicted octanol–water partition coefficient (Wildman–Crippen LogP) is 5.37. The molecule has 0 aliphatic heterocycles. The van der Waals surface area contributed by atoms with Gasteiger partial charge >= 0.3 is 0 Å². The van der Waals surface area contributed by atoms with Gasteiger partial charge in [0.05, 0.1) is 25.5 Å². The molecule has 0 unspecified atom stereocenters. The van der Waals surface area contributed by atoms with E-state index in [0.29, 0.717) is 29.4 Å². The fraction of sp³-hybridized carbons (Fsp3) is 0.296. The monoisotopic (exact) mass is 492 g/mol. The number of halogens is 1. The lowest BCUT2D eigenvalue weighted by Gasteiger charge is -2.15. The van der Waals surface area contributed by atoms with Crippen LogP contribution in [0.5, 0.6) is 11.5 Å². The molecule has 0 fully saturated rings. The normalized spacial score (nSPS) is 10.9. The second-order valence-corrected chi connectivity index (χ2v) is 8.47. The fourth-order valence-corrected chi connectivity index (χ4v) is 3.93. The van der Waals surface area contributed by atoms with Crippen molar-refractivity contribution in [3.8, 4) is 34.1 Å². The quantitative estimate of drug-likeness (QED) is 0.283. The molecular weight excluding hydrogens is 463 g/mol. The number of benzene rings is 2. The Hall–Kier alpha value is -4.14. The molecule has 1 amide bonds. The summed E-state index contributed by atoms with van der Waals surface area (Å²) < 4.78 is 29.5. The van der Waals surface area contributed by atoms with Crippen molar-refractivity contribution in [1.29, 1.82) is 0 Å². The summed E-state index contributed by atoms with van der Waals surface area (Å²) in [6, 6.07) is 15.3. The molecule has 2 aromatic carbocycles. The maximum atomic E-state index is 13.4. The third kappa shape index (κ3) is 5.91. The van der Waals surface area contributed by atoms with E-state index in [2.05, 4.69) is 15.4 Å². The lowest BCUT2D eigenvalue weighted by molar-refractivity contribution is 0.0782. The molecule has 0 atom stereocenters. The first-order valence-electron chi connectivity index (χ1n) is 11.7. The van der Waals surface area contributed by atoms with Gasteiger partial charge in [-0.25, -0.2) is 4.39 Å².